The molecule has 0 heterocycles. The molecule has 0 amide bonds. The molecule has 0 saturated carbocycles. The molecule has 0 aliphatic rings. The maximum absolute atomic E-state index is 15.0. The molecule has 0 radical (unpaired) electrons. The predicted octanol–water partition coefficient (Wildman–Crippen LogP) is 7.22. The number of benzene rings is 3. The minimum atomic E-state index is -1.08. The summed E-state index contributed by atoms with van der Waals surface area (Å²) in [6, 6.07) is 12.4. The molecule has 0 bridgehead atoms. The number of unbranched alkanes of at least 4 members (excludes halogenated alkanes) is 2. The highest BCUT2D eigenvalue weighted by molar-refractivity contribution is 5.89. The predicted molar refractivity (Wildman–Crippen MR) is 102 cm³/mol. The summed E-state index contributed by atoms with van der Waals surface area (Å²) in [5.41, 5.74) is 2.41. The van der Waals surface area contributed by atoms with Crippen LogP contribution in [0.25, 0.3) is 21.9 Å². The van der Waals surface area contributed by atoms with Gasteiger partial charge in [0.05, 0.1) is 5.39 Å². The molecule has 136 valence electrons. The second kappa shape index (κ2) is 7.94. The monoisotopic (exact) mass is 356 g/mol. The Hall–Kier alpha value is -2.29. The van der Waals surface area contributed by atoms with E-state index in [4.69, 9.17) is 0 Å². The Morgan fingerprint density at radius 1 is 0.769 bits per heavy atom. The third-order valence-electron chi connectivity index (χ3n) is 4.92. The summed E-state index contributed by atoms with van der Waals surface area (Å²) in [5.74, 6) is -2.72. The van der Waals surface area contributed by atoms with Crippen molar-refractivity contribution < 1.29 is 13.2 Å². The van der Waals surface area contributed by atoms with Crippen LogP contribution in [0.4, 0.5) is 13.2 Å². The summed E-state index contributed by atoms with van der Waals surface area (Å²) in [4.78, 5) is 0. The quantitative estimate of drug-likeness (QED) is 0.409. The highest BCUT2D eigenvalue weighted by Crippen LogP contribution is 2.33. The van der Waals surface area contributed by atoms with Gasteiger partial charge in [-0.1, -0.05) is 63.1 Å². The molecule has 0 aliphatic carbocycles. The van der Waals surface area contributed by atoms with Crippen molar-refractivity contribution in [1.82, 2.24) is 0 Å². The van der Waals surface area contributed by atoms with Gasteiger partial charge in [0.1, 0.15) is 5.82 Å². The third kappa shape index (κ3) is 3.48. The molecule has 3 heteroatoms. The lowest BCUT2D eigenvalue weighted by molar-refractivity contribution is 0.500. The van der Waals surface area contributed by atoms with Crippen LogP contribution in [0.5, 0.6) is 0 Å². The molecule has 0 unspecified atom stereocenters. The summed E-state index contributed by atoms with van der Waals surface area (Å²) in [6.07, 6.45) is 4.12. The largest absolute Gasteiger partial charge is 0.206 e. The van der Waals surface area contributed by atoms with Crippen LogP contribution in [-0.4, -0.2) is 0 Å². The van der Waals surface area contributed by atoms with Gasteiger partial charge in [0.2, 0.25) is 0 Å². The number of rotatable bonds is 6. The van der Waals surface area contributed by atoms with E-state index in [1.807, 2.05) is 31.2 Å². The van der Waals surface area contributed by atoms with Crippen molar-refractivity contribution in [3.63, 3.8) is 0 Å². The first-order valence-electron chi connectivity index (χ1n) is 9.25. The maximum atomic E-state index is 15.0. The molecule has 26 heavy (non-hydrogen) atoms. The van der Waals surface area contributed by atoms with E-state index in [2.05, 4.69) is 6.92 Å². The maximum Gasteiger partial charge on any atom is 0.169 e. The molecule has 3 aromatic rings. The fourth-order valence-corrected chi connectivity index (χ4v) is 3.33. The second-order valence-corrected chi connectivity index (χ2v) is 6.70. The molecular formula is C23H23F3. The van der Waals surface area contributed by atoms with E-state index in [0.717, 1.165) is 31.2 Å². The first kappa shape index (κ1) is 18.5. The zero-order valence-corrected chi connectivity index (χ0v) is 15.2. The van der Waals surface area contributed by atoms with Crippen LogP contribution in [-0.2, 0) is 12.8 Å². The van der Waals surface area contributed by atoms with Gasteiger partial charge in [0, 0.05) is 5.56 Å². The number of halogens is 3. The van der Waals surface area contributed by atoms with Crippen LogP contribution >= 0.6 is 0 Å². The Labute approximate surface area is 152 Å². The summed E-state index contributed by atoms with van der Waals surface area (Å²) in [5, 5.41) is 0.139. The molecule has 0 fully saturated rings. The van der Waals surface area contributed by atoms with E-state index < -0.39 is 17.5 Å². The average molecular weight is 356 g/mol. The van der Waals surface area contributed by atoms with E-state index in [1.165, 1.54) is 0 Å². The van der Waals surface area contributed by atoms with Gasteiger partial charge in [-0.3, -0.25) is 0 Å². The molecule has 3 rings (SSSR count). The van der Waals surface area contributed by atoms with Gasteiger partial charge in [-0.2, -0.15) is 0 Å². The van der Waals surface area contributed by atoms with Crippen molar-refractivity contribution in [2.75, 3.05) is 0 Å². The van der Waals surface area contributed by atoms with E-state index >= 15 is 4.39 Å². The van der Waals surface area contributed by atoms with E-state index in [1.54, 1.807) is 18.2 Å². The molecule has 0 N–H and O–H groups in total. The first-order chi connectivity index (χ1) is 12.6. The van der Waals surface area contributed by atoms with Crippen molar-refractivity contribution in [2.24, 2.45) is 0 Å². The minimum absolute atomic E-state index is 0.265. The molecule has 0 nitrogen and oxygen atoms in total. The third-order valence-corrected chi connectivity index (χ3v) is 4.92. The van der Waals surface area contributed by atoms with Crippen LogP contribution in [0, 0.1) is 17.5 Å². The van der Waals surface area contributed by atoms with Crippen molar-refractivity contribution in [2.45, 2.75) is 46.0 Å². The van der Waals surface area contributed by atoms with Gasteiger partial charge < -0.3 is 0 Å². The van der Waals surface area contributed by atoms with Crippen molar-refractivity contribution in [1.29, 1.82) is 0 Å². The Bertz CT molecular complexity index is 911. The number of fused-ring (bicyclic) bond motifs is 1. The van der Waals surface area contributed by atoms with Crippen molar-refractivity contribution in [3.05, 3.63) is 71.0 Å². The second-order valence-electron chi connectivity index (χ2n) is 6.70. The SMILES string of the molecule is CCCCCc1cc2ccc(-c3ccc(CC)cc3)c(F)c2c(F)c1F. The lowest BCUT2D eigenvalue weighted by atomic mass is 9.96. The number of hydrogen-bond donors (Lipinski definition) is 0. The lowest BCUT2D eigenvalue weighted by Gasteiger charge is -2.12. The Morgan fingerprint density at radius 2 is 1.50 bits per heavy atom. The van der Waals surface area contributed by atoms with Gasteiger partial charge in [-0.05, 0) is 47.4 Å². The van der Waals surface area contributed by atoms with Gasteiger partial charge >= 0.3 is 0 Å². The average Bonchev–Trinajstić information content (AvgIpc) is 2.66. The van der Waals surface area contributed by atoms with Crippen molar-refractivity contribution in [3.8, 4) is 11.1 Å². The molecule has 0 aromatic heterocycles. The van der Waals surface area contributed by atoms with Crippen molar-refractivity contribution >= 4 is 10.8 Å². The fraction of sp³-hybridized carbons (Fsp3) is 0.304. The molecular weight excluding hydrogens is 333 g/mol. The Kier molecular flexibility index (Phi) is 5.65. The molecule has 0 atom stereocenters. The van der Waals surface area contributed by atoms with Crippen LogP contribution < -0.4 is 0 Å². The summed E-state index contributed by atoms with van der Waals surface area (Å²) < 4.78 is 44.1. The van der Waals surface area contributed by atoms with Gasteiger partial charge in [0.25, 0.3) is 0 Å². The smallest absolute Gasteiger partial charge is 0.169 e. The van der Waals surface area contributed by atoms with E-state index in [0.29, 0.717) is 22.9 Å². The molecule has 0 aliphatic heterocycles. The van der Waals surface area contributed by atoms with Crippen LogP contribution in [0.1, 0.15) is 44.2 Å². The zero-order valence-electron chi connectivity index (χ0n) is 15.2. The molecule has 3 aromatic carbocycles. The normalized spacial score (nSPS) is 11.3. The number of aryl methyl sites for hydroxylation is 2. The lowest BCUT2D eigenvalue weighted by Crippen LogP contribution is -1.99. The van der Waals surface area contributed by atoms with Gasteiger partial charge in [-0.15, -0.1) is 0 Å². The number of hydrogen-bond acceptors (Lipinski definition) is 0. The van der Waals surface area contributed by atoms with Crippen LogP contribution in [0.15, 0.2) is 42.5 Å². The van der Waals surface area contributed by atoms with Gasteiger partial charge in [0.15, 0.2) is 11.6 Å². The van der Waals surface area contributed by atoms with E-state index in [-0.39, 0.29) is 10.9 Å². The van der Waals surface area contributed by atoms with Gasteiger partial charge in [-0.25, -0.2) is 13.2 Å². The highest BCUT2D eigenvalue weighted by atomic mass is 19.2. The summed E-state index contributed by atoms with van der Waals surface area (Å²) >= 11 is 0. The van der Waals surface area contributed by atoms with E-state index in [9.17, 15) is 8.78 Å². The van der Waals surface area contributed by atoms with Crippen LogP contribution in [0.3, 0.4) is 0 Å². The summed E-state index contributed by atoms with van der Waals surface area (Å²) in [6.45, 7) is 4.10. The highest BCUT2D eigenvalue weighted by Gasteiger charge is 2.19. The minimum Gasteiger partial charge on any atom is -0.206 e. The Morgan fingerprint density at radius 3 is 2.15 bits per heavy atom. The molecule has 0 saturated heterocycles. The topological polar surface area (TPSA) is 0 Å². The van der Waals surface area contributed by atoms with Crippen LogP contribution in [0.2, 0.25) is 0 Å². The summed E-state index contributed by atoms with van der Waals surface area (Å²) in [7, 11) is 0. The Balaban J connectivity index is 2.08. The molecule has 0 spiro atoms. The fourth-order valence-electron chi connectivity index (χ4n) is 3.33. The standard InChI is InChI=1S/C23H23F3/c1-3-5-6-7-18-14-17-12-13-19(16-10-8-15(4-2)9-11-16)22(25)20(17)23(26)21(18)24/h8-14H,3-7H2,1-2H3. The first-order valence-corrected chi connectivity index (χ1v) is 9.25. The zero-order chi connectivity index (χ0) is 18.7.